The molecule has 0 aliphatic rings. The summed E-state index contributed by atoms with van der Waals surface area (Å²) in [6.45, 7) is 0. The van der Waals surface area contributed by atoms with Gasteiger partial charge in [-0.25, -0.2) is 4.98 Å². The van der Waals surface area contributed by atoms with Gasteiger partial charge in [-0.05, 0) is 12.1 Å². The third kappa shape index (κ3) is 2.11. The molecule has 2 N–H and O–H groups in total. The Hall–Kier alpha value is -2.50. The normalized spacial score (nSPS) is 10.8. The van der Waals surface area contributed by atoms with E-state index in [0.29, 0.717) is 5.82 Å². The van der Waals surface area contributed by atoms with Crippen LogP contribution in [0.4, 0.5) is 5.82 Å². The molecule has 6 heteroatoms. The van der Waals surface area contributed by atoms with Gasteiger partial charge in [0.25, 0.3) is 5.91 Å². The lowest BCUT2D eigenvalue weighted by Gasteiger charge is -2.01. The number of anilines is 1. The predicted molar refractivity (Wildman–Crippen MR) is 58.4 cm³/mol. The Balaban J connectivity index is 2.29. The number of carbonyl (C=O) groups excluding carboxylic acids is 1. The average Bonchev–Trinajstić information content (AvgIpc) is 2.29. The molecule has 0 fully saturated rings. The molecule has 0 aliphatic carbocycles. The standard InChI is InChI=1S/C10H8N4O2/c15-10(6-13-16)14-9-4-7-2-1-3-11-8(7)5-12-9/h1-6,16H,(H,12,14,15)/b13-6+. The summed E-state index contributed by atoms with van der Waals surface area (Å²) in [5.74, 6) is -0.163. The van der Waals surface area contributed by atoms with Crippen LogP contribution in [0.2, 0.25) is 0 Å². The van der Waals surface area contributed by atoms with Crippen molar-refractivity contribution in [1.29, 1.82) is 0 Å². The third-order valence-electron chi connectivity index (χ3n) is 1.92. The number of oxime groups is 1. The van der Waals surface area contributed by atoms with Crippen LogP contribution in [0.3, 0.4) is 0 Å². The van der Waals surface area contributed by atoms with Crippen molar-refractivity contribution < 1.29 is 10.0 Å². The van der Waals surface area contributed by atoms with Crippen LogP contribution < -0.4 is 5.32 Å². The summed E-state index contributed by atoms with van der Waals surface area (Å²) in [6.07, 6.45) is 3.98. The molecule has 0 atom stereocenters. The summed E-state index contributed by atoms with van der Waals surface area (Å²) in [6, 6.07) is 5.34. The lowest BCUT2D eigenvalue weighted by molar-refractivity contribution is -0.110. The molecule has 2 aromatic rings. The summed E-state index contributed by atoms with van der Waals surface area (Å²) in [7, 11) is 0. The van der Waals surface area contributed by atoms with Crippen molar-refractivity contribution in [2.75, 3.05) is 5.32 Å². The second kappa shape index (κ2) is 4.35. The number of amides is 1. The maximum Gasteiger partial charge on any atom is 0.271 e. The van der Waals surface area contributed by atoms with Crippen molar-refractivity contribution >= 4 is 28.8 Å². The summed E-state index contributed by atoms with van der Waals surface area (Å²) in [4.78, 5) is 19.2. The van der Waals surface area contributed by atoms with Crippen molar-refractivity contribution in [3.8, 4) is 0 Å². The van der Waals surface area contributed by atoms with E-state index in [-0.39, 0.29) is 0 Å². The van der Waals surface area contributed by atoms with Crippen LogP contribution >= 0.6 is 0 Å². The Morgan fingerprint density at radius 3 is 3.19 bits per heavy atom. The number of fused-ring (bicyclic) bond motifs is 1. The van der Waals surface area contributed by atoms with Crippen LogP contribution in [0.5, 0.6) is 0 Å². The average molecular weight is 216 g/mol. The van der Waals surface area contributed by atoms with Gasteiger partial charge in [-0.1, -0.05) is 11.2 Å². The molecule has 0 unspecified atom stereocenters. The SMILES string of the molecule is O=C(/C=N/O)Nc1cc2cccnc2cn1. The molecule has 80 valence electrons. The topological polar surface area (TPSA) is 87.5 Å². The van der Waals surface area contributed by atoms with E-state index in [1.165, 1.54) is 0 Å². The number of nitrogens with zero attached hydrogens (tertiary/aromatic N) is 3. The first-order chi connectivity index (χ1) is 7.79. The van der Waals surface area contributed by atoms with E-state index in [2.05, 4.69) is 20.4 Å². The second-order valence-electron chi connectivity index (χ2n) is 3.00. The van der Waals surface area contributed by atoms with E-state index in [1.807, 2.05) is 6.07 Å². The zero-order valence-corrected chi connectivity index (χ0v) is 8.16. The zero-order chi connectivity index (χ0) is 11.4. The van der Waals surface area contributed by atoms with Crippen LogP contribution in [0.1, 0.15) is 0 Å². The van der Waals surface area contributed by atoms with Crippen LogP contribution in [0, 0.1) is 0 Å². The molecule has 2 heterocycles. The van der Waals surface area contributed by atoms with Crippen LogP contribution in [0.15, 0.2) is 35.7 Å². The number of hydrogen-bond acceptors (Lipinski definition) is 5. The van der Waals surface area contributed by atoms with Crippen LogP contribution in [-0.2, 0) is 4.79 Å². The number of pyridine rings is 2. The van der Waals surface area contributed by atoms with E-state index < -0.39 is 5.91 Å². The quantitative estimate of drug-likeness (QED) is 0.446. The first kappa shape index (κ1) is 10.0. The fourth-order valence-electron chi connectivity index (χ4n) is 1.25. The fraction of sp³-hybridized carbons (Fsp3) is 0. The van der Waals surface area contributed by atoms with Gasteiger partial charge in [-0.2, -0.15) is 0 Å². The first-order valence-electron chi connectivity index (χ1n) is 4.49. The van der Waals surface area contributed by atoms with Gasteiger partial charge in [-0.3, -0.25) is 9.78 Å². The monoisotopic (exact) mass is 216 g/mol. The fourth-order valence-corrected chi connectivity index (χ4v) is 1.25. The van der Waals surface area contributed by atoms with E-state index in [9.17, 15) is 4.79 Å². The van der Waals surface area contributed by atoms with E-state index in [1.54, 1.807) is 24.5 Å². The Bertz CT molecular complexity index is 553. The van der Waals surface area contributed by atoms with E-state index in [0.717, 1.165) is 17.1 Å². The Labute approximate surface area is 90.6 Å². The maximum atomic E-state index is 11.1. The van der Waals surface area contributed by atoms with Gasteiger partial charge in [0.1, 0.15) is 12.0 Å². The molecule has 2 rings (SSSR count). The Morgan fingerprint density at radius 2 is 2.38 bits per heavy atom. The molecule has 2 aromatic heterocycles. The molecular weight excluding hydrogens is 208 g/mol. The second-order valence-corrected chi connectivity index (χ2v) is 3.00. The van der Waals surface area contributed by atoms with Gasteiger partial charge in [-0.15, -0.1) is 0 Å². The van der Waals surface area contributed by atoms with Crippen molar-refractivity contribution in [2.24, 2.45) is 5.16 Å². The van der Waals surface area contributed by atoms with Gasteiger partial charge in [0.2, 0.25) is 0 Å². The third-order valence-corrected chi connectivity index (χ3v) is 1.92. The van der Waals surface area contributed by atoms with Gasteiger partial charge >= 0.3 is 0 Å². The predicted octanol–water partition coefficient (Wildman–Crippen LogP) is 1.03. The van der Waals surface area contributed by atoms with Gasteiger partial charge in [0, 0.05) is 11.6 Å². The molecule has 1 amide bonds. The van der Waals surface area contributed by atoms with Crippen molar-refractivity contribution in [1.82, 2.24) is 9.97 Å². The molecule has 16 heavy (non-hydrogen) atoms. The highest BCUT2D eigenvalue weighted by Gasteiger charge is 2.01. The molecule has 0 aliphatic heterocycles. The minimum Gasteiger partial charge on any atom is -0.411 e. The summed E-state index contributed by atoms with van der Waals surface area (Å²) < 4.78 is 0. The van der Waals surface area contributed by atoms with Gasteiger partial charge in [0.15, 0.2) is 0 Å². The van der Waals surface area contributed by atoms with Crippen LogP contribution in [-0.4, -0.2) is 27.3 Å². The van der Waals surface area contributed by atoms with Crippen molar-refractivity contribution in [3.05, 3.63) is 30.6 Å². The van der Waals surface area contributed by atoms with E-state index in [4.69, 9.17) is 5.21 Å². The first-order valence-corrected chi connectivity index (χ1v) is 4.49. The summed E-state index contributed by atoms with van der Waals surface area (Å²) >= 11 is 0. The molecule has 0 bridgehead atoms. The summed E-state index contributed by atoms with van der Waals surface area (Å²) in [5, 5.41) is 14.1. The maximum absolute atomic E-state index is 11.1. The largest absolute Gasteiger partial charge is 0.411 e. The molecule has 0 radical (unpaired) electrons. The molecular formula is C10H8N4O2. The molecule has 0 aromatic carbocycles. The Kier molecular flexibility index (Phi) is 2.73. The Morgan fingerprint density at radius 1 is 1.50 bits per heavy atom. The lowest BCUT2D eigenvalue weighted by Crippen LogP contribution is -2.13. The minimum atomic E-state index is -0.543. The number of aromatic nitrogens is 2. The molecule has 0 spiro atoms. The highest BCUT2D eigenvalue weighted by atomic mass is 16.4. The highest BCUT2D eigenvalue weighted by Crippen LogP contribution is 2.13. The van der Waals surface area contributed by atoms with Crippen LogP contribution in [0.25, 0.3) is 10.9 Å². The van der Waals surface area contributed by atoms with Gasteiger partial charge in [0.05, 0.1) is 11.7 Å². The zero-order valence-electron chi connectivity index (χ0n) is 8.16. The molecule has 0 saturated carbocycles. The number of hydrogen-bond donors (Lipinski definition) is 2. The highest BCUT2D eigenvalue weighted by molar-refractivity contribution is 6.31. The smallest absolute Gasteiger partial charge is 0.271 e. The van der Waals surface area contributed by atoms with Crippen molar-refractivity contribution in [2.45, 2.75) is 0 Å². The van der Waals surface area contributed by atoms with Gasteiger partial charge < -0.3 is 10.5 Å². The minimum absolute atomic E-state index is 0.380. The number of nitrogens with one attached hydrogen (secondary N) is 1. The number of rotatable bonds is 2. The molecule has 0 saturated heterocycles. The number of carbonyl (C=O) groups is 1. The van der Waals surface area contributed by atoms with Crippen molar-refractivity contribution in [3.63, 3.8) is 0 Å². The summed E-state index contributed by atoms with van der Waals surface area (Å²) in [5.41, 5.74) is 0.747. The lowest BCUT2D eigenvalue weighted by atomic mass is 10.2. The molecule has 6 nitrogen and oxygen atoms in total. The van der Waals surface area contributed by atoms with E-state index >= 15 is 0 Å².